The largest absolute Gasteiger partial charge is 0.374 e. The van der Waals surface area contributed by atoms with Crippen LogP contribution in [0.5, 0.6) is 0 Å². The van der Waals surface area contributed by atoms with Gasteiger partial charge in [0.05, 0.1) is 36.6 Å². The number of hydrogen-bond acceptors (Lipinski definition) is 3. The predicted octanol–water partition coefficient (Wildman–Crippen LogP) is 15.6. The first kappa shape index (κ1) is 44.9. The summed E-state index contributed by atoms with van der Waals surface area (Å²) in [4.78, 5) is 0. The van der Waals surface area contributed by atoms with Crippen molar-refractivity contribution < 1.29 is 14.2 Å². The first-order chi connectivity index (χ1) is 26.7. The van der Waals surface area contributed by atoms with Gasteiger partial charge < -0.3 is 14.2 Å². The van der Waals surface area contributed by atoms with E-state index < -0.39 is 0 Å². The van der Waals surface area contributed by atoms with Gasteiger partial charge in [-0.25, -0.2) is 0 Å². The van der Waals surface area contributed by atoms with Gasteiger partial charge in [-0.05, 0) is 118 Å². The third-order valence-electron chi connectivity index (χ3n) is 14.5. The smallest absolute Gasteiger partial charge is 0.0949 e. The number of ether oxygens (including phenoxy) is 3. The van der Waals surface area contributed by atoms with Crippen LogP contribution in [-0.2, 0) is 60.3 Å². The lowest BCUT2D eigenvalue weighted by Crippen LogP contribution is -2.47. The Labute approximate surface area is 351 Å². The second-order valence-electron chi connectivity index (χ2n) is 23.5. The summed E-state index contributed by atoms with van der Waals surface area (Å²) < 4.78 is 22.6. The summed E-state index contributed by atoms with van der Waals surface area (Å²) in [5.41, 5.74) is 10.7. The molecule has 0 atom stereocenters. The normalized spacial score (nSPS) is 21.8. The summed E-state index contributed by atoms with van der Waals surface area (Å²) in [5.74, 6) is 0. The molecule has 0 spiro atoms. The minimum Gasteiger partial charge on any atom is -0.374 e. The van der Waals surface area contributed by atoms with Crippen LogP contribution in [0, 0.1) is 0 Å². The van der Waals surface area contributed by atoms with Crippen LogP contribution in [0.15, 0.2) is 24.3 Å². The molecule has 2 aromatic carbocycles. The molecule has 0 N–H and O–H groups in total. The van der Waals surface area contributed by atoms with Crippen LogP contribution in [0.1, 0.15) is 256 Å². The zero-order valence-corrected chi connectivity index (χ0v) is 39.2. The van der Waals surface area contributed by atoms with Crippen LogP contribution in [0.2, 0.25) is 0 Å². The molecule has 3 nitrogen and oxygen atoms in total. The first-order valence-electron chi connectivity index (χ1n) is 24.0. The Kier molecular flexibility index (Phi) is 14.0. The lowest BCUT2D eigenvalue weighted by Gasteiger charge is -2.52. The highest BCUT2D eigenvalue weighted by molar-refractivity contribution is 5.51. The van der Waals surface area contributed by atoms with E-state index >= 15 is 0 Å². The lowest BCUT2D eigenvalue weighted by atomic mass is 9.66. The van der Waals surface area contributed by atoms with E-state index in [0.29, 0.717) is 25.4 Å². The molecule has 0 radical (unpaired) electrons. The highest BCUT2D eigenvalue weighted by Crippen LogP contribution is 2.56. The molecule has 0 saturated heterocycles. The molecule has 0 unspecified atom stereocenters. The minimum atomic E-state index is -0.390. The molecule has 57 heavy (non-hydrogen) atoms. The van der Waals surface area contributed by atoms with Crippen molar-refractivity contribution >= 4 is 0 Å². The van der Waals surface area contributed by atoms with Crippen molar-refractivity contribution in [2.45, 2.75) is 270 Å². The molecular weight excluding hydrogens is 697 g/mol. The van der Waals surface area contributed by atoms with E-state index in [1.165, 1.54) is 147 Å². The van der Waals surface area contributed by atoms with Crippen LogP contribution in [0.25, 0.3) is 0 Å². The van der Waals surface area contributed by atoms with Crippen molar-refractivity contribution in [3.63, 3.8) is 0 Å². The Morgan fingerprint density at radius 1 is 0.421 bits per heavy atom. The lowest BCUT2D eigenvalue weighted by molar-refractivity contribution is -0.199. The summed E-state index contributed by atoms with van der Waals surface area (Å²) in [7, 11) is 0. The maximum atomic E-state index is 8.56. The molecule has 4 saturated carbocycles. The summed E-state index contributed by atoms with van der Waals surface area (Å²) >= 11 is 0. The molecule has 2 aromatic rings. The summed E-state index contributed by atoms with van der Waals surface area (Å²) in [6.07, 6.45) is 25.0. The highest BCUT2D eigenvalue weighted by atomic mass is 16.5. The summed E-state index contributed by atoms with van der Waals surface area (Å²) in [6.45, 7) is 30.3. The van der Waals surface area contributed by atoms with E-state index in [4.69, 9.17) is 14.2 Å². The predicted molar refractivity (Wildman–Crippen MR) is 242 cm³/mol. The van der Waals surface area contributed by atoms with Crippen molar-refractivity contribution in [1.29, 1.82) is 0 Å². The second-order valence-corrected chi connectivity index (χ2v) is 23.5. The molecule has 0 aromatic heterocycles. The summed E-state index contributed by atoms with van der Waals surface area (Å²) in [6, 6.07) is 10.3. The molecule has 4 fully saturated rings. The van der Waals surface area contributed by atoms with Gasteiger partial charge in [0.15, 0.2) is 0 Å². The second kappa shape index (κ2) is 17.7. The van der Waals surface area contributed by atoms with Gasteiger partial charge in [-0.15, -0.1) is 0 Å². The van der Waals surface area contributed by atoms with Crippen LogP contribution in [0.4, 0.5) is 0 Å². The van der Waals surface area contributed by atoms with E-state index in [1.807, 2.05) is 0 Å². The molecule has 3 heteroatoms. The monoisotopic (exact) mass is 783 g/mol. The topological polar surface area (TPSA) is 27.7 Å². The molecule has 4 aliphatic rings. The molecule has 0 amide bonds. The van der Waals surface area contributed by atoms with Crippen molar-refractivity contribution in [2.75, 3.05) is 0 Å². The molecule has 0 heterocycles. The van der Waals surface area contributed by atoms with Gasteiger partial charge in [-0.2, -0.15) is 0 Å². The van der Waals surface area contributed by atoms with Gasteiger partial charge >= 0.3 is 0 Å². The van der Waals surface area contributed by atoms with Crippen molar-refractivity contribution in [1.82, 2.24) is 0 Å². The third-order valence-corrected chi connectivity index (χ3v) is 14.5. The highest BCUT2D eigenvalue weighted by Gasteiger charge is 2.50. The number of rotatable bonds is 10. The van der Waals surface area contributed by atoms with Gasteiger partial charge in [0.1, 0.15) is 0 Å². The Bertz CT molecular complexity index is 1490. The summed E-state index contributed by atoms with van der Waals surface area (Å²) in [5, 5.41) is 0. The van der Waals surface area contributed by atoms with Gasteiger partial charge in [0.2, 0.25) is 0 Å². The van der Waals surface area contributed by atoms with Crippen LogP contribution in [0.3, 0.4) is 0 Å². The zero-order valence-electron chi connectivity index (χ0n) is 39.2. The van der Waals surface area contributed by atoms with E-state index in [0.717, 1.165) is 25.7 Å². The van der Waals surface area contributed by atoms with Crippen LogP contribution >= 0.6 is 0 Å². The van der Waals surface area contributed by atoms with Crippen molar-refractivity contribution in [2.24, 2.45) is 0 Å². The van der Waals surface area contributed by atoms with E-state index in [1.54, 1.807) is 0 Å². The van der Waals surface area contributed by atoms with Gasteiger partial charge in [0, 0.05) is 0 Å². The van der Waals surface area contributed by atoms with Crippen LogP contribution < -0.4 is 0 Å². The molecule has 0 aliphatic heterocycles. The molecule has 320 valence electrons. The minimum absolute atomic E-state index is 0.0347. The maximum Gasteiger partial charge on any atom is 0.0949 e. The quantitative estimate of drug-likeness (QED) is 0.240. The zero-order chi connectivity index (χ0) is 41.3. The average Bonchev–Trinajstić information content (AvgIpc) is 3.15. The van der Waals surface area contributed by atoms with Crippen molar-refractivity contribution in [3.05, 3.63) is 68.8 Å². The Morgan fingerprint density at radius 3 is 1.04 bits per heavy atom. The Hall–Kier alpha value is -1.68. The average molecular weight is 783 g/mol. The van der Waals surface area contributed by atoms with Crippen molar-refractivity contribution in [3.8, 4) is 0 Å². The molecule has 0 bridgehead atoms. The number of hydrogen-bond donors (Lipinski definition) is 0. The Morgan fingerprint density at radius 2 is 0.737 bits per heavy atom. The third kappa shape index (κ3) is 10.6. The van der Waals surface area contributed by atoms with E-state index in [-0.39, 0.29) is 32.9 Å². The fourth-order valence-corrected chi connectivity index (χ4v) is 11.1. The standard InChI is InChI=1S/C54H86O3/c1-49(2,3)41-33-39(37-55-43-25-17-13-18-26-43)47(45(35-41)51(7,8)9)53(29-21-15-22-30-53)57-54(31-23-16-24-32-54)48-40(38-56-44-27-19-14-20-28-44)34-42(50(4,5)6)36-46(48)52(10,11)12/h33-36,43-44H,13-32,37-38H2,1-12H3. The number of benzene rings is 2. The van der Waals surface area contributed by atoms with Gasteiger partial charge in [-0.3, -0.25) is 0 Å². The fourth-order valence-electron chi connectivity index (χ4n) is 11.1. The first-order valence-corrected chi connectivity index (χ1v) is 24.0. The molecule has 4 aliphatic carbocycles. The van der Waals surface area contributed by atoms with Gasteiger partial charge in [-0.1, -0.05) is 184 Å². The Balaban J connectivity index is 1.59. The molecular formula is C54H86O3. The SMILES string of the molecule is CC(C)(C)c1cc(COC2CCCCC2)c(C2(OC3(c4c(COC5CCCCC5)cc(C(C)(C)C)cc4C(C)(C)C)CCCCC3)CCCCC2)c(C(C)(C)C)c1. The molecule has 6 rings (SSSR count). The van der Waals surface area contributed by atoms with E-state index in [2.05, 4.69) is 107 Å². The maximum absolute atomic E-state index is 8.56. The van der Waals surface area contributed by atoms with E-state index in [9.17, 15) is 0 Å². The fraction of sp³-hybridized carbons (Fsp3) is 0.778. The van der Waals surface area contributed by atoms with Crippen LogP contribution in [-0.4, -0.2) is 12.2 Å². The van der Waals surface area contributed by atoms with Gasteiger partial charge in [0.25, 0.3) is 0 Å².